The molecule has 7 heteroatoms. The first-order valence-electron chi connectivity index (χ1n) is 11.4. The van der Waals surface area contributed by atoms with Crippen LogP contribution in [-0.4, -0.2) is 78.3 Å². The number of hydrogen-bond donors (Lipinski definition) is 2. The van der Waals surface area contributed by atoms with Crippen LogP contribution >= 0.6 is 0 Å². The van der Waals surface area contributed by atoms with Crippen LogP contribution in [0.1, 0.15) is 37.4 Å². The second-order valence-corrected chi connectivity index (χ2v) is 8.75. The molecule has 180 valence electrons. The monoisotopic (exact) mass is 472 g/mol. The van der Waals surface area contributed by atoms with Gasteiger partial charge in [0.05, 0.1) is 19.8 Å². The van der Waals surface area contributed by atoms with Crippen LogP contribution in [0.3, 0.4) is 0 Å². The van der Waals surface area contributed by atoms with Gasteiger partial charge in [0, 0.05) is 40.7 Å². The minimum absolute atomic E-state index is 0.0710. The standard InChI is InChI=1S/C28H28N2O5/c1-29(2)14-15-30-27(33)24-5-3-4-23-21(12-13-25(26(23)24)28(30)34)11-10-19-6-8-20(9-7-19)17-35-18-22(32)16-31/h3-9,12-13,22,31-32H,14-18H2,1-2H3/t22-/m1/s1. The van der Waals surface area contributed by atoms with E-state index >= 15 is 0 Å². The molecule has 0 spiro atoms. The molecule has 2 N–H and O–H groups in total. The van der Waals surface area contributed by atoms with Crippen molar-refractivity contribution >= 4 is 22.6 Å². The highest BCUT2D eigenvalue weighted by Crippen LogP contribution is 2.32. The second-order valence-electron chi connectivity index (χ2n) is 8.75. The lowest BCUT2D eigenvalue weighted by Crippen LogP contribution is -2.43. The zero-order valence-corrected chi connectivity index (χ0v) is 19.8. The van der Waals surface area contributed by atoms with E-state index in [9.17, 15) is 14.7 Å². The smallest absolute Gasteiger partial charge is 0.261 e. The lowest BCUT2D eigenvalue weighted by molar-refractivity contribution is 0.0000244. The Hall–Kier alpha value is -3.54. The molecule has 1 aliphatic rings. The molecule has 0 radical (unpaired) electrons. The van der Waals surface area contributed by atoms with Crippen LogP contribution in [0.2, 0.25) is 0 Å². The van der Waals surface area contributed by atoms with E-state index in [1.54, 1.807) is 12.1 Å². The predicted octanol–water partition coefficient (Wildman–Crippen LogP) is 2.27. The van der Waals surface area contributed by atoms with Crippen LogP contribution in [-0.2, 0) is 11.3 Å². The van der Waals surface area contributed by atoms with Crippen molar-refractivity contribution in [3.63, 3.8) is 0 Å². The van der Waals surface area contributed by atoms with E-state index in [0.29, 0.717) is 36.2 Å². The Morgan fingerprint density at radius 1 is 0.971 bits per heavy atom. The fourth-order valence-electron chi connectivity index (χ4n) is 3.95. The fourth-order valence-corrected chi connectivity index (χ4v) is 3.95. The summed E-state index contributed by atoms with van der Waals surface area (Å²) in [6, 6.07) is 16.6. The maximum Gasteiger partial charge on any atom is 0.261 e. The van der Waals surface area contributed by atoms with Crippen molar-refractivity contribution in [2.75, 3.05) is 40.4 Å². The third-order valence-electron chi connectivity index (χ3n) is 5.85. The number of benzene rings is 3. The molecule has 0 fully saturated rings. The quantitative estimate of drug-likeness (QED) is 0.386. The molecule has 0 aliphatic carbocycles. The zero-order chi connectivity index (χ0) is 24.9. The average Bonchev–Trinajstić information content (AvgIpc) is 2.86. The summed E-state index contributed by atoms with van der Waals surface area (Å²) in [5, 5.41) is 19.6. The second kappa shape index (κ2) is 10.8. The number of rotatable bonds is 8. The number of nitrogens with zero attached hydrogens (tertiary/aromatic N) is 2. The van der Waals surface area contributed by atoms with Crippen LogP contribution in [0.4, 0.5) is 0 Å². The molecule has 2 amide bonds. The summed E-state index contributed by atoms with van der Waals surface area (Å²) in [5.74, 6) is 5.79. The molecule has 0 unspecified atom stereocenters. The number of imide groups is 1. The van der Waals surface area contributed by atoms with Crippen molar-refractivity contribution in [3.05, 3.63) is 82.4 Å². The molecule has 0 aromatic heterocycles. The van der Waals surface area contributed by atoms with Gasteiger partial charge in [-0.05, 0) is 55.4 Å². The van der Waals surface area contributed by atoms with Gasteiger partial charge in [-0.25, -0.2) is 0 Å². The van der Waals surface area contributed by atoms with Gasteiger partial charge in [0.1, 0.15) is 6.10 Å². The number of aliphatic hydroxyl groups excluding tert-OH is 2. The molecule has 1 aliphatic heterocycles. The summed E-state index contributed by atoms with van der Waals surface area (Å²) in [6.45, 7) is 1.00. The topological polar surface area (TPSA) is 90.3 Å². The molecule has 0 bridgehead atoms. The largest absolute Gasteiger partial charge is 0.394 e. The number of ether oxygens (including phenoxy) is 1. The number of hydrogen-bond acceptors (Lipinski definition) is 6. The number of aliphatic hydroxyl groups is 2. The van der Waals surface area contributed by atoms with Crippen LogP contribution < -0.4 is 0 Å². The molecule has 0 saturated heterocycles. The van der Waals surface area contributed by atoms with Gasteiger partial charge in [0.25, 0.3) is 11.8 Å². The van der Waals surface area contributed by atoms with Crippen molar-refractivity contribution in [3.8, 4) is 11.8 Å². The van der Waals surface area contributed by atoms with Crippen molar-refractivity contribution in [2.45, 2.75) is 12.7 Å². The highest BCUT2D eigenvalue weighted by molar-refractivity contribution is 6.26. The Bertz CT molecular complexity index is 1280. The summed E-state index contributed by atoms with van der Waals surface area (Å²) in [4.78, 5) is 29.4. The average molecular weight is 473 g/mol. The third-order valence-corrected chi connectivity index (χ3v) is 5.85. The number of likely N-dealkylation sites (N-methyl/N-ethyl adjacent to an activating group) is 1. The Labute approximate surface area is 204 Å². The number of carbonyl (C=O) groups excluding carboxylic acids is 2. The van der Waals surface area contributed by atoms with E-state index in [-0.39, 0.29) is 25.0 Å². The first-order valence-corrected chi connectivity index (χ1v) is 11.4. The van der Waals surface area contributed by atoms with Crippen LogP contribution in [0.5, 0.6) is 0 Å². The Balaban J connectivity index is 1.57. The van der Waals surface area contributed by atoms with E-state index in [0.717, 1.165) is 22.1 Å². The Morgan fingerprint density at radius 2 is 1.69 bits per heavy atom. The molecule has 0 saturated carbocycles. The van der Waals surface area contributed by atoms with Gasteiger partial charge in [-0.3, -0.25) is 14.5 Å². The van der Waals surface area contributed by atoms with Gasteiger partial charge in [0.15, 0.2) is 0 Å². The summed E-state index contributed by atoms with van der Waals surface area (Å²) in [7, 11) is 3.81. The molecule has 4 rings (SSSR count). The molecular formula is C28H28N2O5. The molecule has 35 heavy (non-hydrogen) atoms. The van der Waals surface area contributed by atoms with Crippen molar-refractivity contribution in [2.24, 2.45) is 0 Å². The van der Waals surface area contributed by atoms with Gasteiger partial charge in [-0.15, -0.1) is 0 Å². The van der Waals surface area contributed by atoms with Gasteiger partial charge < -0.3 is 19.8 Å². The van der Waals surface area contributed by atoms with E-state index in [2.05, 4.69) is 11.8 Å². The lowest BCUT2D eigenvalue weighted by Gasteiger charge is -2.28. The summed E-state index contributed by atoms with van der Waals surface area (Å²) < 4.78 is 5.37. The number of amides is 2. The fraction of sp³-hybridized carbons (Fsp3) is 0.286. The molecule has 1 heterocycles. The summed E-state index contributed by atoms with van der Waals surface area (Å²) in [5.41, 5.74) is 3.54. The van der Waals surface area contributed by atoms with Gasteiger partial charge >= 0.3 is 0 Å². The highest BCUT2D eigenvalue weighted by atomic mass is 16.5. The summed E-state index contributed by atoms with van der Waals surface area (Å²) >= 11 is 0. The summed E-state index contributed by atoms with van der Waals surface area (Å²) in [6.07, 6.45) is -0.881. The molecule has 7 nitrogen and oxygen atoms in total. The first kappa shape index (κ1) is 24.6. The SMILES string of the molecule is CN(C)CCN1C(=O)c2cccc3c(C#Cc4ccc(COC[C@H](O)CO)cc4)ccc(c23)C1=O. The van der Waals surface area contributed by atoms with E-state index < -0.39 is 6.10 Å². The molecule has 3 aromatic carbocycles. The normalized spacial score (nSPS) is 13.8. The maximum absolute atomic E-state index is 13.1. The Morgan fingerprint density at radius 3 is 2.37 bits per heavy atom. The van der Waals surface area contributed by atoms with E-state index in [1.807, 2.05) is 61.5 Å². The van der Waals surface area contributed by atoms with Crippen LogP contribution in [0.25, 0.3) is 10.8 Å². The van der Waals surface area contributed by atoms with Crippen molar-refractivity contribution < 1.29 is 24.5 Å². The maximum atomic E-state index is 13.1. The van der Waals surface area contributed by atoms with Crippen LogP contribution in [0.15, 0.2) is 54.6 Å². The Kier molecular flexibility index (Phi) is 7.59. The van der Waals surface area contributed by atoms with Crippen molar-refractivity contribution in [1.82, 2.24) is 9.80 Å². The third kappa shape index (κ3) is 5.42. The molecule has 1 atom stereocenters. The first-order chi connectivity index (χ1) is 16.9. The highest BCUT2D eigenvalue weighted by Gasteiger charge is 2.32. The predicted molar refractivity (Wildman–Crippen MR) is 133 cm³/mol. The van der Waals surface area contributed by atoms with Gasteiger partial charge in [-0.1, -0.05) is 36.1 Å². The minimum Gasteiger partial charge on any atom is -0.394 e. The lowest BCUT2D eigenvalue weighted by atomic mass is 9.91. The van der Waals surface area contributed by atoms with Crippen molar-refractivity contribution in [1.29, 1.82) is 0 Å². The minimum atomic E-state index is -0.881. The molecule has 3 aromatic rings. The van der Waals surface area contributed by atoms with E-state index in [4.69, 9.17) is 9.84 Å². The van der Waals surface area contributed by atoms with Gasteiger partial charge in [-0.2, -0.15) is 0 Å². The zero-order valence-electron chi connectivity index (χ0n) is 19.8. The van der Waals surface area contributed by atoms with E-state index in [1.165, 1.54) is 4.90 Å². The number of carbonyl (C=O) groups is 2. The van der Waals surface area contributed by atoms with Gasteiger partial charge in [0.2, 0.25) is 0 Å². The molecular weight excluding hydrogens is 444 g/mol. The van der Waals surface area contributed by atoms with Crippen LogP contribution in [0, 0.1) is 11.8 Å².